The lowest BCUT2D eigenvalue weighted by molar-refractivity contribution is 0.185. The van der Waals surface area contributed by atoms with Crippen LogP contribution in [0.25, 0.3) is 0 Å². The summed E-state index contributed by atoms with van der Waals surface area (Å²) < 4.78 is 19.6. The van der Waals surface area contributed by atoms with Crippen molar-refractivity contribution in [3.8, 4) is 0 Å². The molecular formula is C9H19NO2S. The van der Waals surface area contributed by atoms with Crippen LogP contribution in [0.4, 0.5) is 0 Å². The highest BCUT2D eigenvalue weighted by Crippen LogP contribution is 2.15. The van der Waals surface area contributed by atoms with Crippen LogP contribution in [0.3, 0.4) is 0 Å². The van der Waals surface area contributed by atoms with Gasteiger partial charge in [-0.15, -0.1) is 0 Å². The highest BCUT2D eigenvalue weighted by molar-refractivity contribution is 7.79. The maximum atomic E-state index is 10.7. The highest BCUT2D eigenvalue weighted by Gasteiger charge is 2.19. The largest absolute Gasteiger partial charge is 0.306 e. The van der Waals surface area contributed by atoms with Gasteiger partial charge in [-0.25, -0.2) is 4.21 Å². The van der Waals surface area contributed by atoms with E-state index in [-0.39, 0.29) is 5.25 Å². The standard InChI is InChI=1S/C9H19NO2S/c1-8-4-3-5-10(6-8)7-9(2)13(11)12/h8-9H,3-7H2,1-2H3,(H,11,12). The zero-order valence-corrected chi connectivity index (χ0v) is 9.22. The predicted molar refractivity (Wildman–Crippen MR) is 55.1 cm³/mol. The molecule has 0 bridgehead atoms. The van der Waals surface area contributed by atoms with Gasteiger partial charge in [0.1, 0.15) is 0 Å². The summed E-state index contributed by atoms with van der Waals surface area (Å²) in [4.78, 5) is 2.30. The molecular weight excluding hydrogens is 186 g/mol. The molecule has 0 saturated carbocycles. The van der Waals surface area contributed by atoms with Crippen LogP contribution in [0.15, 0.2) is 0 Å². The fourth-order valence-corrected chi connectivity index (χ4v) is 2.22. The van der Waals surface area contributed by atoms with Crippen LogP contribution in [-0.2, 0) is 11.1 Å². The number of likely N-dealkylation sites (tertiary alicyclic amines) is 1. The molecule has 78 valence electrons. The van der Waals surface area contributed by atoms with Crippen LogP contribution < -0.4 is 0 Å². The minimum atomic E-state index is -1.66. The van der Waals surface area contributed by atoms with Crippen LogP contribution in [0.2, 0.25) is 0 Å². The van der Waals surface area contributed by atoms with Gasteiger partial charge in [-0.1, -0.05) is 6.92 Å². The van der Waals surface area contributed by atoms with Gasteiger partial charge in [-0.2, -0.15) is 0 Å². The molecule has 0 radical (unpaired) electrons. The number of nitrogens with zero attached hydrogens (tertiary/aromatic N) is 1. The van der Waals surface area contributed by atoms with Crippen LogP contribution in [0, 0.1) is 5.92 Å². The van der Waals surface area contributed by atoms with Gasteiger partial charge >= 0.3 is 0 Å². The third kappa shape index (κ3) is 3.75. The van der Waals surface area contributed by atoms with Crippen molar-refractivity contribution in [2.75, 3.05) is 19.6 Å². The van der Waals surface area contributed by atoms with Crippen LogP contribution >= 0.6 is 0 Å². The summed E-state index contributed by atoms with van der Waals surface area (Å²) in [5, 5.41) is -0.120. The maximum Gasteiger partial charge on any atom is 0.157 e. The summed E-state index contributed by atoms with van der Waals surface area (Å²) in [6.07, 6.45) is 2.53. The number of piperidine rings is 1. The molecule has 0 amide bonds. The smallest absolute Gasteiger partial charge is 0.157 e. The normalized spacial score (nSPS) is 29.9. The van der Waals surface area contributed by atoms with Crippen LogP contribution in [-0.4, -0.2) is 38.5 Å². The Labute approximate surface area is 82.8 Å². The van der Waals surface area contributed by atoms with Gasteiger partial charge in [0.15, 0.2) is 11.1 Å². The van der Waals surface area contributed by atoms with Crippen LogP contribution in [0.1, 0.15) is 26.7 Å². The number of hydrogen-bond acceptors (Lipinski definition) is 2. The predicted octanol–water partition coefficient (Wildman–Crippen LogP) is 1.33. The van der Waals surface area contributed by atoms with Gasteiger partial charge in [0.05, 0.1) is 5.25 Å². The lowest BCUT2D eigenvalue weighted by atomic mass is 10.0. The van der Waals surface area contributed by atoms with Gasteiger partial charge in [0.2, 0.25) is 0 Å². The fourth-order valence-electron chi connectivity index (χ4n) is 1.88. The van der Waals surface area contributed by atoms with E-state index in [1.54, 1.807) is 0 Å². The lowest BCUT2D eigenvalue weighted by Crippen LogP contribution is -2.39. The molecule has 1 N–H and O–H groups in total. The first kappa shape index (κ1) is 11.1. The van der Waals surface area contributed by atoms with E-state index in [4.69, 9.17) is 4.55 Å². The first-order chi connectivity index (χ1) is 6.09. The molecule has 1 saturated heterocycles. The summed E-state index contributed by atoms with van der Waals surface area (Å²) in [6.45, 7) is 7.00. The highest BCUT2D eigenvalue weighted by atomic mass is 32.2. The van der Waals surface area contributed by atoms with E-state index in [9.17, 15) is 4.21 Å². The van der Waals surface area contributed by atoms with Crippen molar-refractivity contribution in [3.05, 3.63) is 0 Å². The third-order valence-corrected chi connectivity index (χ3v) is 3.44. The van der Waals surface area contributed by atoms with Gasteiger partial charge in [-0.3, -0.25) is 0 Å². The topological polar surface area (TPSA) is 40.5 Å². The molecule has 1 aliphatic heterocycles. The summed E-state index contributed by atoms with van der Waals surface area (Å²) in [6, 6.07) is 0. The summed E-state index contributed by atoms with van der Waals surface area (Å²) in [5.74, 6) is 0.744. The Morgan fingerprint density at radius 2 is 2.38 bits per heavy atom. The van der Waals surface area contributed by atoms with Gasteiger partial charge in [-0.05, 0) is 32.2 Å². The van der Waals surface area contributed by atoms with Crippen molar-refractivity contribution in [3.63, 3.8) is 0 Å². The Hall–Kier alpha value is 0.0700. The fraction of sp³-hybridized carbons (Fsp3) is 1.00. The molecule has 4 heteroatoms. The van der Waals surface area contributed by atoms with Crippen LogP contribution in [0.5, 0.6) is 0 Å². The quantitative estimate of drug-likeness (QED) is 0.707. The van der Waals surface area contributed by atoms with Crippen molar-refractivity contribution >= 4 is 11.1 Å². The Bertz CT molecular complexity index is 186. The summed E-state index contributed by atoms with van der Waals surface area (Å²) in [7, 11) is 0. The van der Waals surface area contributed by atoms with E-state index < -0.39 is 11.1 Å². The van der Waals surface area contributed by atoms with Crippen molar-refractivity contribution in [2.24, 2.45) is 5.92 Å². The molecule has 0 spiro atoms. The molecule has 1 rings (SSSR count). The Kier molecular flexibility index (Phi) is 4.35. The van der Waals surface area contributed by atoms with Gasteiger partial charge in [0, 0.05) is 13.1 Å². The second kappa shape index (κ2) is 5.08. The van der Waals surface area contributed by atoms with Crippen molar-refractivity contribution in [2.45, 2.75) is 31.9 Å². The second-order valence-electron chi connectivity index (χ2n) is 4.09. The first-order valence-corrected chi connectivity index (χ1v) is 6.08. The zero-order valence-electron chi connectivity index (χ0n) is 8.40. The Morgan fingerprint density at radius 1 is 1.69 bits per heavy atom. The Morgan fingerprint density at radius 3 is 2.92 bits per heavy atom. The van der Waals surface area contributed by atoms with Crippen molar-refractivity contribution in [1.82, 2.24) is 4.90 Å². The molecule has 1 fully saturated rings. The SMILES string of the molecule is CC1CCCN(CC(C)S(=O)O)C1. The molecule has 1 heterocycles. The maximum absolute atomic E-state index is 10.7. The summed E-state index contributed by atoms with van der Waals surface area (Å²) in [5.41, 5.74) is 0. The minimum Gasteiger partial charge on any atom is -0.306 e. The molecule has 0 aliphatic carbocycles. The van der Waals surface area contributed by atoms with E-state index in [0.717, 1.165) is 25.6 Å². The number of hydrogen-bond donors (Lipinski definition) is 1. The lowest BCUT2D eigenvalue weighted by Gasteiger charge is -2.31. The monoisotopic (exact) mass is 205 g/mol. The molecule has 3 unspecified atom stereocenters. The van der Waals surface area contributed by atoms with Crippen molar-refractivity contribution < 1.29 is 8.76 Å². The second-order valence-corrected chi connectivity index (χ2v) is 5.45. The first-order valence-electron chi connectivity index (χ1n) is 4.91. The van der Waals surface area contributed by atoms with E-state index in [2.05, 4.69) is 11.8 Å². The molecule has 3 atom stereocenters. The average Bonchev–Trinajstić information content (AvgIpc) is 2.04. The molecule has 0 aromatic heterocycles. The van der Waals surface area contributed by atoms with Crippen molar-refractivity contribution in [1.29, 1.82) is 0 Å². The molecule has 0 aromatic carbocycles. The molecule has 1 aliphatic rings. The van der Waals surface area contributed by atoms with E-state index in [1.807, 2.05) is 6.92 Å². The van der Waals surface area contributed by atoms with Gasteiger partial charge in [0.25, 0.3) is 0 Å². The van der Waals surface area contributed by atoms with E-state index in [0.29, 0.717) is 0 Å². The third-order valence-electron chi connectivity index (χ3n) is 2.60. The average molecular weight is 205 g/mol. The van der Waals surface area contributed by atoms with E-state index in [1.165, 1.54) is 12.8 Å². The zero-order chi connectivity index (χ0) is 9.84. The number of rotatable bonds is 3. The molecule has 13 heavy (non-hydrogen) atoms. The van der Waals surface area contributed by atoms with E-state index >= 15 is 0 Å². The van der Waals surface area contributed by atoms with Gasteiger partial charge < -0.3 is 9.45 Å². The minimum absolute atomic E-state index is 0.120. The Balaban J connectivity index is 2.31. The summed E-state index contributed by atoms with van der Waals surface area (Å²) >= 11 is -1.66. The molecule has 3 nitrogen and oxygen atoms in total. The molecule has 0 aromatic rings.